The SMILES string of the molecule is CN(C(=O)COCc1ccccc1)C1C[C@H]2CC(O)C[C@H]2C1. The minimum Gasteiger partial charge on any atom is -0.393 e. The summed E-state index contributed by atoms with van der Waals surface area (Å²) in [5, 5.41) is 9.69. The van der Waals surface area contributed by atoms with Crippen molar-refractivity contribution < 1.29 is 14.6 Å². The third-order valence-electron chi connectivity index (χ3n) is 5.24. The normalized spacial score (nSPS) is 30.3. The van der Waals surface area contributed by atoms with Crippen molar-refractivity contribution in [3.05, 3.63) is 35.9 Å². The van der Waals surface area contributed by atoms with Crippen LogP contribution in [0.15, 0.2) is 30.3 Å². The summed E-state index contributed by atoms with van der Waals surface area (Å²) in [6.07, 6.45) is 3.76. The molecule has 0 aliphatic heterocycles. The Morgan fingerprint density at radius 1 is 1.18 bits per heavy atom. The van der Waals surface area contributed by atoms with E-state index in [9.17, 15) is 9.90 Å². The molecule has 22 heavy (non-hydrogen) atoms. The second-order valence-electron chi connectivity index (χ2n) is 6.75. The van der Waals surface area contributed by atoms with E-state index in [0.29, 0.717) is 24.5 Å². The zero-order chi connectivity index (χ0) is 15.5. The summed E-state index contributed by atoms with van der Waals surface area (Å²) in [5.41, 5.74) is 1.09. The monoisotopic (exact) mass is 303 g/mol. The standard InChI is InChI=1S/C18H25NO3/c1-19(16-7-14-9-17(20)10-15(14)8-16)18(21)12-22-11-13-5-3-2-4-6-13/h2-6,14-17,20H,7-12H2,1H3/t14-,15+,16?,17?. The van der Waals surface area contributed by atoms with E-state index in [2.05, 4.69) is 0 Å². The molecular weight excluding hydrogens is 278 g/mol. The van der Waals surface area contributed by atoms with E-state index in [4.69, 9.17) is 4.74 Å². The molecule has 1 N–H and O–H groups in total. The second-order valence-corrected chi connectivity index (χ2v) is 6.75. The van der Waals surface area contributed by atoms with Crippen molar-refractivity contribution in [1.82, 2.24) is 4.90 Å². The van der Waals surface area contributed by atoms with Gasteiger partial charge in [-0.25, -0.2) is 0 Å². The van der Waals surface area contributed by atoms with Gasteiger partial charge >= 0.3 is 0 Å². The third kappa shape index (κ3) is 3.50. The Bertz CT molecular complexity index is 490. The average molecular weight is 303 g/mol. The van der Waals surface area contributed by atoms with Crippen molar-refractivity contribution in [2.75, 3.05) is 13.7 Å². The highest BCUT2D eigenvalue weighted by Gasteiger charge is 2.42. The molecule has 4 heteroatoms. The highest BCUT2D eigenvalue weighted by Crippen LogP contribution is 2.45. The van der Waals surface area contributed by atoms with Crippen LogP contribution in [0.5, 0.6) is 0 Å². The van der Waals surface area contributed by atoms with E-state index in [1.807, 2.05) is 42.3 Å². The van der Waals surface area contributed by atoms with Gasteiger partial charge in [-0.2, -0.15) is 0 Å². The summed E-state index contributed by atoms with van der Waals surface area (Å²) in [7, 11) is 1.89. The molecule has 0 heterocycles. The van der Waals surface area contributed by atoms with Crippen molar-refractivity contribution in [1.29, 1.82) is 0 Å². The highest BCUT2D eigenvalue weighted by molar-refractivity contribution is 5.77. The van der Waals surface area contributed by atoms with Crippen LogP contribution < -0.4 is 0 Å². The quantitative estimate of drug-likeness (QED) is 0.907. The Morgan fingerprint density at radius 2 is 1.82 bits per heavy atom. The van der Waals surface area contributed by atoms with E-state index in [-0.39, 0.29) is 18.6 Å². The van der Waals surface area contributed by atoms with Crippen LogP contribution in [0, 0.1) is 11.8 Å². The maximum atomic E-state index is 12.3. The van der Waals surface area contributed by atoms with Crippen LogP contribution in [0.2, 0.25) is 0 Å². The molecular formula is C18H25NO3. The van der Waals surface area contributed by atoms with Gasteiger partial charge in [-0.1, -0.05) is 30.3 Å². The molecule has 2 fully saturated rings. The Labute approximate surface area is 132 Å². The number of amides is 1. The van der Waals surface area contributed by atoms with Crippen LogP contribution >= 0.6 is 0 Å². The van der Waals surface area contributed by atoms with Crippen LogP contribution in [-0.2, 0) is 16.1 Å². The van der Waals surface area contributed by atoms with Gasteiger partial charge in [-0.3, -0.25) is 4.79 Å². The minimum absolute atomic E-state index is 0.0569. The van der Waals surface area contributed by atoms with Gasteiger partial charge < -0.3 is 14.7 Å². The first-order valence-electron chi connectivity index (χ1n) is 8.19. The predicted octanol–water partition coefficient (Wildman–Crippen LogP) is 2.21. The zero-order valence-corrected chi connectivity index (χ0v) is 13.1. The molecule has 2 aliphatic rings. The number of fused-ring (bicyclic) bond motifs is 1. The Hall–Kier alpha value is -1.39. The molecule has 0 radical (unpaired) electrons. The van der Waals surface area contributed by atoms with Gasteiger partial charge in [-0.05, 0) is 43.1 Å². The number of aliphatic hydroxyl groups excluding tert-OH is 1. The number of carbonyl (C=O) groups is 1. The molecule has 4 nitrogen and oxygen atoms in total. The summed E-state index contributed by atoms with van der Waals surface area (Å²) in [5.74, 6) is 1.25. The Balaban J connectivity index is 1.43. The van der Waals surface area contributed by atoms with Gasteiger partial charge in [0.25, 0.3) is 0 Å². The van der Waals surface area contributed by atoms with Gasteiger partial charge in [0, 0.05) is 13.1 Å². The van der Waals surface area contributed by atoms with Crippen molar-refractivity contribution >= 4 is 5.91 Å². The van der Waals surface area contributed by atoms with Crippen molar-refractivity contribution in [2.45, 2.75) is 44.4 Å². The first-order valence-corrected chi connectivity index (χ1v) is 8.19. The molecule has 3 rings (SSSR count). The maximum Gasteiger partial charge on any atom is 0.248 e. The first-order chi connectivity index (χ1) is 10.6. The van der Waals surface area contributed by atoms with Crippen molar-refractivity contribution in [3.8, 4) is 0 Å². The molecule has 0 aromatic heterocycles. The van der Waals surface area contributed by atoms with Crippen LogP contribution in [-0.4, -0.2) is 41.7 Å². The summed E-state index contributed by atoms with van der Waals surface area (Å²) in [6.45, 7) is 0.613. The van der Waals surface area contributed by atoms with Gasteiger partial charge in [0.1, 0.15) is 6.61 Å². The number of ether oxygens (including phenoxy) is 1. The molecule has 0 spiro atoms. The van der Waals surface area contributed by atoms with E-state index in [1.54, 1.807) is 0 Å². The largest absolute Gasteiger partial charge is 0.393 e. The second kappa shape index (κ2) is 6.80. The fourth-order valence-electron chi connectivity index (χ4n) is 4.00. The van der Waals surface area contributed by atoms with Crippen LogP contribution in [0.3, 0.4) is 0 Å². The average Bonchev–Trinajstić information content (AvgIpc) is 3.04. The fraction of sp³-hybridized carbons (Fsp3) is 0.611. The van der Waals surface area contributed by atoms with Gasteiger partial charge in [0.15, 0.2) is 0 Å². The number of carbonyl (C=O) groups excluding carboxylic acids is 1. The lowest BCUT2D eigenvalue weighted by atomic mass is 10.0. The van der Waals surface area contributed by atoms with Gasteiger partial charge in [0.2, 0.25) is 5.91 Å². The summed E-state index contributed by atoms with van der Waals surface area (Å²) >= 11 is 0. The number of hydrogen-bond donors (Lipinski definition) is 1. The lowest BCUT2D eigenvalue weighted by Crippen LogP contribution is -2.38. The first kappa shape index (κ1) is 15.5. The van der Waals surface area contributed by atoms with Crippen LogP contribution in [0.25, 0.3) is 0 Å². The lowest BCUT2D eigenvalue weighted by Gasteiger charge is -2.25. The smallest absolute Gasteiger partial charge is 0.248 e. The lowest BCUT2D eigenvalue weighted by molar-refractivity contribution is -0.137. The molecule has 0 bridgehead atoms. The van der Waals surface area contributed by atoms with Gasteiger partial charge in [-0.15, -0.1) is 0 Å². The number of hydrogen-bond acceptors (Lipinski definition) is 3. The maximum absolute atomic E-state index is 12.3. The van der Waals surface area contributed by atoms with E-state index >= 15 is 0 Å². The number of likely N-dealkylation sites (N-methyl/N-ethyl adjacent to an activating group) is 1. The number of nitrogens with zero attached hydrogens (tertiary/aromatic N) is 1. The topological polar surface area (TPSA) is 49.8 Å². The molecule has 2 unspecified atom stereocenters. The van der Waals surface area contributed by atoms with Crippen molar-refractivity contribution in [2.24, 2.45) is 11.8 Å². The third-order valence-corrected chi connectivity index (χ3v) is 5.24. The number of benzene rings is 1. The molecule has 0 saturated heterocycles. The van der Waals surface area contributed by atoms with Crippen molar-refractivity contribution in [3.63, 3.8) is 0 Å². The fourth-order valence-corrected chi connectivity index (χ4v) is 4.00. The molecule has 120 valence electrons. The van der Waals surface area contributed by atoms with Crippen LogP contribution in [0.4, 0.5) is 0 Å². The van der Waals surface area contributed by atoms with Crippen LogP contribution in [0.1, 0.15) is 31.2 Å². The highest BCUT2D eigenvalue weighted by atomic mass is 16.5. The van der Waals surface area contributed by atoms with E-state index in [1.165, 1.54) is 0 Å². The number of aliphatic hydroxyl groups is 1. The summed E-state index contributed by atoms with van der Waals surface area (Å²) < 4.78 is 5.54. The predicted molar refractivity (Wildman–Crippen MR) is 84.1 cm³/mol. The number of rotatable bonds is 5. The molecule has 1 amide bonds. The molecule has 2 aliphatic carbocycles. The Kier molecular flexibility index (Phi) is 4.79. The van der Waals surface area contributed by atoms with E-state index in [0.717, 1.165) is 31.2 Å². The molecule has 1 aromatic rings. The van der Waals surface area contributed by atoms with Gasteiger partial charge in [0.05, 0.1) is 12.7 Å². The minimum atomic E-state index is -0.119. The van der Waals surface area contributed by atoms with E-state index < -0.39 is 0 Å². The molecule has 1 aromatic carbocycles. The molecule has 4 atom stereocenters. The molecule has 2 saturated carbocycles. The zero-order valence-electron chi connectivity index (χ0n) is 13.1. The summed E-state index contributed by atoms with van der Waals surface area (Å²) in [4.78, 5) is 14.1. The summed E-state index contributed by atoms with van der Waals surface area (Å²) in [6, 6.07) is 10.2. The Morgan fingerprint density at radius 3 is 2.45 bits per heavy atom.